The molecular weight excluding hydrogens is 1370 g/mol. The van der Waals surface area contributed by atoms with Crippen LogP contribution >= 0.6 is 11.6 Å². The summed E-state index contributed by atoms with van der Waals surface area (Å²) in [7, 11) is 1.57. The summed E-state index contributed by atoms with van der Waals surface area (Å²) in [6.07, 6.45) is -1.08. The van der Waals surface area contributed by atoms with Crippen LogP contribution in [0, 0.1) is 36.0 Å². The van der Waals surface area contributed by atoms with Crippen LogP contribution in [0.4, 0.5) is 0 Å². The zero-order chi connectivity index (χ0) is 76.6. The Morgan fingerprint density at radius 1 is 0.740 bits per heavy atom. The van der Waals surface area contributed by atoms with Crippen LogP contribution in [0.2, 0.25) is 5.02 Å². The summed E-state index contributed by atoms with van der Waals surface area (Å²) < 4.78 is 38.9. The van der Waals surface area contributed by atoms with Crippen molar-refractivity contribution in [1.29, 1.82) is 0 Å². The van der Waals surface area contributed by atoms with Crippen LogP contribution in [0.3, 0.4) is 0 Å². The van der Waals surface area contributed by atoms with Crippen LogP contribution in [0.5, 0.6) is 0 Å². The molecule has 0 unspecified atom stereocenters. The van der Waals surface area contributed by atoms with Gasteiger partial charge in [0.05, 0.1) is 76.7 Å². The van der Waals surface area contributed by atoms with Crippen molar-refractivity contribution in [1.82, 2.24) is 25.9 Å². The van der Waals surface area contributed by atoms with Crippen molar-refractivity contribution in [3.05, 3.63) is 117 Å². The second-order valence-corrected chi connectivity index (χ2v) is 28.3. The van der Waals surface area contributed by atoms with E-state index in [0.29, 0.717) is 59.6 Å². The van der Waals surface area contributed by atoms with E-state index in [9.17, 15) is 62.6 Å². The number of aryl methyl sites for hydroxylation is 2. The average molecular weight is 1470 g/mol. The predicted octanol–water partition coefficient (Wildman–Crippen LogP) is 7.27. The molecule has 1 fully saturated rings. The van der Waals surface area contributed by atoms with Gasteiger partial charge in [0.15, 0.2) is 11.9 Å². The van der Waals surface area contributed by atoms with Crippen molar-refractivity contribution in [3.8, 4) is 0 Å². The van der Waals surface area contributed by atoms with E-state index in [1.165, 1.54) is 17.1 Å². The normalized spacial score (nSPS) is 18.5. The van der Waals surface area contributed by atoms with Gasteiger partial charge in [-0.3, -0.25) is 47.9 Å². The Morgan fingerprint density at radius 2 is 1.35 bits per heavy atom. The number of Topliss-reactive ketones (excluding diaryl/α,β-unsaturated/α-hetero) is 2. The Kier molecular flexibility index (Phi) is 36.4. The first-order valence-electron chi connectivity index (χ1n) is 35.7. The number of esters is 3. The van der Waals surface area contributed by atoms with Gasteiger partial charge >= 0.3 is 23.9 Å². The van der Waals surface area contributed by atoms with Crippen LogP contribution in [-0.4, -0.2) is 189 Å². The number of hydrogen-bond acceptors (Lipinski definition) is 21. The van der Waals surface area contributed by atoms with Crippen molar-refractivity contribution >= 4 is 82.5 Å². The molecule has 1 saturated heterocycles. The molecule has 5 rings (SSSR count). The highest BCUT2D eigenvalue weighted by molar-refractivity contribution is 6.31. The second-order valence-electron chi connectivity index (χ2n) is 27.9. The number of imide groups is 1. The van der Waals surface area contributed by atoms with Crippen molar-refractivity contribution < 1.29 is 101 Å². The van der Waals surface area contributed by atoms with Crippen LogP contribution in [-0.2, 0) is 121 Å². The monoisotopic (exact) mass is 1470 g/mol. The van der Waals surface area contributed by atoms with Crippen LogP contribution in [0.1, 0.15) is 159 Å². The maximum atomic E-state index is 14.0. The highest BCUT2D eigenvalue weighted by atomic mass is 35.5. The lowest BCUT2D eigenvalue weighted by molar-refractivity contribution is -0.197. The molecule has 2 heterocycles. The van der Waals surface area contributed by atoms with Gasteiger partial charge in [-0.25, -0.2) is 9.59 Å². The van der Waals surface area contributed by atoms with Gasteiger partial charge in [-0.05, 0) is 97.9 Å². The smallest absolute Gasteiger partial charge is 0.347 e. The summed E-state index contributed by atoms with van der Waals surface area (Å²) in [5.74, 6) is -9.42. The second kappa shape index (κ2) is 43.9. The van der Waals surface area contributed by atoms with Gasteiger partial charge in [-0.15, -0.1) is 5.06 Å². The first-order valence-corrected chi connectivity index (χ1v) is 36.1. The fraction of sp³-hybridized carbons (Fsp3) is 0.584. The molecule has 8 atom stereocenters. The molecule has 0 spiro atoms. The third-order valence-electron chi connectivity index (χ3n) is 18.1. The third kappa shape index (κ3) is 29.7. The number of hydroxylamine groups is 2. The Labute approximate surface area is 614 Å². The molecule has 0 bridgehead atoms. The summed E-state index contributed by atoms with van der Waals surface area (Å²) in [5.41, 5.74) is 3.14. The molecule has 104 heavy (non-hydrogen) atoms. The van der Waals surface area contributed by atoms with Crippen LogP contribution < -0.4 is 16.0 Å². The summed E-state index contributed by atoms with van der Waals surface area (Å²) in [5, 5.41) is 21.2. The molecule has 3 aromatic rings. The number of carbonyl (C=O) groups excluding carboxylic acids is 12. The number of cyclic esters (lactones) is 2. The lowest BCUT2D eigenvalue weighted by Crippen LogP contribution is -2.51. The predicted molar refractivity (Wildman–Crippen MR) is 382 cm³/mol. The number of nitrogens with zero attached hydrogens (tertiary/aromatic N) is 2. The van der Waals surface area contributed by atoms with Crippen molar-refractivity contribution in [2.24, 2.45) is 29.1 Å². The molecule has 27 heteroatoms. The third-order valence-corrected chi connectivity index (χ3v) is 18.5. The Balaban J connectivity index is 1.09. The van der Waals surface area contributed by atoms with Crippen molar-refractivity contribution in [3.63, 3.8) is 0 Å². The lowest BCUT2D eigenvalue weighted by Gasteiger charge is -2.33. The molecule has 0 saturated carbocycles. The standard InChI is InChI=1S/C77H106ClN5O21/c1-48(2)41-65-75(95)102-64(13-12-14-66(86)81-62(43-57-16-15-50(5)61(78)42-57)74(94)79-47-77(9,10)76(96)103-65)52(7)72(92)51(6)58-24-21-54(22-25-58)23-28-70(90)101-46-56-19-17-55(18-20-56)44-63(85)53(8)80-73(93)60(49(3)4)45-59(84)29-32-82(33-30-71(91)104-83-68(88)26-27-69(83)89)67(87)31-34-98-37-38-100-40-39-99-36-35-97-11/h12,14-22,24-25,42,48-49,51-53,60,62,64-65,72,92H,13,23,26-41,43-47H2,1-11H3,(H,79,94)(H,80,93)(H,81,86)/b14-12+/t51-,52+,53+,60+,62-,64+,65+,72+/m1/s1. The van der Waals surface area contributed by atoms with E-state index < -0.39 is 113 Å². The molecule has 0 radical (unpaired) electrons. The molecule has 4 N–H and O–H groups in total. The van der Waals surface area contributed by atoms with E-state index in [1.807, 2.05) is 64.1 Å². The first-order chi connectivity index (χ1) is 49.3. The first kappa shape index (κ1) is 86.4. The Morgan fingerprint density at radius 3 is 1.97 bits per heavy atom. The maximum absolute atomic E-state index is 14.0. The average Bonchev–Trinajstić information content (AvgIpc) is 1.23. The van der Waals surface area contributed by atoms with Gasteiger partial charge in [0.1, 0.15) is 24.5 Å². The number of methoxy groups -OCH3 is 1. The number of aliphatic hydroxyl groups excluding tert-OH is 1. The molecular formula is C77H106ClN5O21. The Hall–Kier alpha value is -8.27. The zero-order valence-corrected chi connectivity index (χ0v) is 62.7. The van der Waals surface area contributed by atoms with E-state index in [2.05, 4.69) is 16.0 Å². The number of rotatable bonds is 40. The van der Waals surface area contributed by atoms with Crippen molar-refractivity contribution in [2.75, 3.05) is 73.0 Å². The molecule has 2 aliphatic rings. The van der Waals surface area contributed by atoms with Gasteiger partial charge in [0.25, 0.3) is 11.8 Å². The van der Waals surface area contributed by atoms with Crippen LogP contribution in [0.25, 0.3) is 0 Å². The zero-order valence-electron chi connectivity index (χ0n) is 61.9. The number of halogens is 1. The maximum Gasteiger partial charge on any atom is 0.347 e. The SMILES string of the molecule is COCCOCCOCCOCCC(=O)N(CCC(=O)C[C@H](C(=O)N[C@@H](C)C(=O)Cc1ccc(COC(=O)CCc2ccc([C@@H](C)[C@H](O)[C@@H](C)[C@@H]3C/C=C/C(=O)N[C@H](Cc4ccc(C)c(Cl)c4)C(=O)NCC(C)(C)C(=O)O[C@@H](CC(C)C)C(=O)O3)cc2)cc1)C(C)C)CCC(=O)ON1C(=O)CCC1=O. The highest BCUT2D eigenvalue weighted by Crippen LogP contribution is 2.31. The number of ketones is 2. The molecule has 0 aromatic heterocycles. The van der Waals surface area contributed by atoms with Crippen molar-refractivity contribution in [2.45, 2.75) is 189 Å². The largest absolute Gasteiger partial charge is 0.461 e. The number of nitrogens with one attached hydrogen (secondary N) is 3. The topological polar surface area (TPSA) is 341 Å². The van der Waals surface area contributed by atoms with Gasteiger partial charge in [0.2, 0.25) is 23.6 Å². The summed E-state index contributed by atoms with van der Waals surface area (Å²) in [6, 6.07) is 17.7. The lowest BCUT2D eigenvalue weighted by atomic mass is 9.84. The minimum atomic E-state index is -1.31. The van der Waals surface area contributed by atoms with E-state index in [4.69, 9.17) is 49.6 Å². The summed E-state index contributed by atoms with van der Waals surface area (Å²) in [4.78, 5) is 165. The fourth-order valence-corrected chi connectivity index (χ4v) is 11.4. The molecule has 2 aliphatic heterocycles. The molecule has 0 aliphatic carbocycles. The number of amides is 6. The molecule has 3 aromatic carbocycles. The van der Waals surface area contributed by atoms with Gasteiger partial charge in [-0.2, -0.15) is 0 Å². The van der Waals surface area contributed by atoms with Gasteiger partial charge in [0, 0.05) is 101 Å². The minimum absolute atomic E-state index is 0.0129. The number of hydrogen-bond donors (Lipinski definition) is 4. The van der Waals surface area contributed by atoms with Gasteiger partial charge < -0.3 is 64.0 Å². The van der Waals surface area contributed by atoms with E-state index in [-0.39, 0.29) is 140 Å². The highest BCUT2D eigenvalue weighted by Gasteiger charge is 2.39. The van der Waals surface area contributed by atoms with E-state index in [0.717, 1.165) is 16.7 Å². The van der Waals surface area contributed by atoms with E-state index >= 15 is 0 Å². The number of ether oxygens (including phenoxy) is 7. The van der Waals surface area contributed by atoms with E-state index in [1.54, 1.807) is 79.0 Å². The van der Waals surface area contributed by atoms with Crippen LogP contribution in [0.15, 0.2) is 78.9 Å². The quantitative estimate of drug-likeness (QED) is 0.0188. The molecule has 6 amide bonds. The minimum Gasteiger partial charge on any atom is -0.461 e. The fourth-order valence-electron chi connectivity index (χ4n) is 11.2. The molecule has 572 valence electrons. The van der Waals surface area contributed by atoms with Gasteiger partial charge in [-0.1, -0.05) is 120 Å². The summed E-state index contributed by atoms with van der Waals surface area (Å²) >= 11 is 6.40. The summed E-state index contributed by atoms with van der Waals surface area (Å²) in [6.45, 7) is 19.0. The number of benzene rings is 3. The molecule has 26 nitrogen and oxygen atoms in total. The Bertz CT molecular complexity index is 3400. The number of aliphatic hydroxyl groups is 1. The number of carbonyl (C=O) groups is 12.